The Morgan fingerprint density at radius 3 is 2.21 bits per heavy atom. The summed E-state index contributed by atoms with van der Waals surface area (Å²) in [7, 11) is 0. The molecule has 0 unspecified atom stereocenters. The zero-order valence-corrected chi connectivity index (χ0v) is 15.7. The Morgan fingerprint density at radius 1 is 1.14 bits per heavy atom. The van der Waals surface area contributed by atoms with Gasteiger partial charge in [-0.25, -0.2) is 4.79 Å². The van der Waals surface area contributed by atoms with Crippen LogP contribution in [0.5, 0.6) is 0 Å². The van der Waals surface area contributed by atoms with Crippen LogP contribution in [0.3, 0.4) is 0 Å². The van der Waals surface area contributed by atoms with Crippen molar-refractivity contribution in [1.82, 2.24) is 9.96 Å². The number of hydrogen-bond acceptors (Lipinski definition) is 5. The number of carbonyl (C=O) groups is 2. The number of alkyl halides is 3. The van der Waals surface area contributed by atoms with Crippen LogP contribution >= 0.6 is 0 Å². The Balaban J connectivity index is 2.04. The minimum atomic E-state index is -5.20. The lowest BCUT2D eigenvalue weighted by Crippen LogP contribution is -2.52. The predicted octanol–water partition coefficient (Wildman–Crippen LogP) is 1.35. The van der Waals surface area contributed by atoms with Crippen LogP contribution in [0.1, 0.15) is 44.9 Å². The van der Waals surface area contributed by atoms with E-state index in [1.54, 1.807) is 4.90 Å². The lowest BCUT2D eigenvalue weighted by atomic mass is 9.84. The fourth-order valence-corrected chi connectivity index (χ4v) is 3.78. The van der Waals surface area contributed by atoms with Crippen molar-refractivity contribution >= 4 is 17.8 Å². The van der Waals surface area contributed by atoms with Crippen molar-refractivity contribution in [1.29, 1.82) is 5.41 Å². The van der Waals surface area contributed by atoms with Gasteiger partial charge in [-0.15, -0.1) is 0 Å². The van der Waals surface area contributed by atoms with Crippen molar-refractivity contribution in [2.75, 3.05) is 19.6 Å². The first-order valence-electron chi connectivity index (χ1n) is 9.54. The summed E-state index contributed by atoms with van der Waals surface area (Å²) in [6.07, 6.45) is 0.131. The maximum absolute atomic E-state index is 12.7. The van der Waals surface area contributed by atoms with E-state index in [1.807, 2.05) is 0 Å². The van der Waals surface area contributed by atoms with Crippen LogP contribution in [0, 0.1) is 17.2 Å². The molecule has 0 radical (unpaired) electrons. The molecule has 8 nitrogen and oxygen atoms in total. The number of nitrogens with one attached hydrogen (secondary N) is 1. The van der Waals surface area contributed by atoms with Gasteiger partial charge in [-0.1, -0.05) is 19.3 Å². The van der Waals surface area contributed by atoms with Crippen molar-refractivity contribution in [3.8, 4) is 0 Å². The number of nitrogens with zero attached hydrogens (tertiary/aromatic N) is 2. The van der Waals surface area contributed by atoms with E-state index in [1.165, 1.54) is 0 Å². The minimum Gasteiger partial charge on any atom is -0.370 e. The summed E-state index contributed by atoms with van der Waals surface area (Å²) in [6, 6.07) is -1.00. The molecule has 28 heavy (non-hydrogen) atoms. The molecule has 5 N–H and O–H groups in total. The average Bonchev–Trinajstić information content (AvgIpc) is 2.66. The first-order valence-corrected chi connectivity index (χ1v) is 9.54. The van der Waals surface area contributed by atoms with Crippen LogP contribution in [0.15, 0.2) is 0 Å². The smallest absolute Gasteiger partial charge is 0.370 e. The lowest BCUT2D eigenvalue weighted by molar-refractivity contribution is -0.239. The van der Waals surface area contributed by atoms with Gasteiger partial charge in [0, 0.05) is 13.1 Å². The van der Waals surface area contributed by atoms with Gasteiger partial charge in [-0.2, -0.15) is 18.2 Å². The van der Waals surface area contributed by atoms with Crippen LogP contribution < -0.4 is 11.5 Å². The molecule has 11 heteroatoms. The van der Waals surface area contributed by atoms with Gasteiger partial charge in [-0.3, -0.25) is 10.2 Å². The zero-order valence-electron chi connectivity index (χ0n) is 15.7. The van der Waals surface area contributed by atoms with Crippen LogP contribution in [0.2, 0.25) is 0 Å². The highest BCUT2D eigenvalue weighted by Gasteiger charge is 2.44. The Morgan fingerprint density at radius 2 is 1.71 bits per heavy atom. The van der Waals surface area contributed by atoms with Crippen molar-refractivity contribution in [3.63, 3.8) is 0 Å². The highest BCUT2D eigenvalue weighted by molar-refractivity contribution is 5.84. The van der Waals surface area contributed by atoms with Gasteiger partial charge >= 0.3 is 12.1 Å². The maximum atomic E-state index is 12.7. The second-order valence-electron chi connectivity index (χ2n) is 7.52. The van der Waals surface area contributed by atoms with E-state index in [4.69, 9.17) is 16.9 Å². The van der Waals surface area contributed by atoms with Crippen molar-refractivity contribution in [2.45, 2.75) is 57.2 Å². The molecule has 1 aliphatic heterocycles. The predicted molar refractivity (Wildman–Crippen MR) is 94.6 cm³/mol. The van der Waals surface area contributed by atoms with E-state index in [-0.39, 0.29) is 24.3 Å². The molecule has 2 aliphatic rings. The lowest BCUT2D eigenvalue weighted by Gasteiger charge is -2.35. The molecular formula is C17H28F3N5O3. The number of likely N-dealkylation sites (tertiary alicyclic amines) is 1. The van der Waals surface area contributed by atoms with Gasteiger partial charge in [0.2, 0.25) is 0 Å². The van der Waals surface area contributed by atoms with E-state index in [2.05, 4.69) is 4.84 Å². The molecule has 2 rings (SSSR count). The van der Waals surface area contributed by atoms with Gasteiger partial charge in [0.25, 0.3) is 5.91 Å². The molecule has 0 bridgehead atoms. The largest absolute Gasteiger partial charge is 0.493 e. The molecule has 2 fully saturated rings. The molecule has 1 heterocycles. The highest BCUT2D eigenvalue weighted by atomic mass is 19.4. The third-order valence-electron chi connectivity index (χ3n) is 5.49. The Bertz CT molecular complexity index is 573. The summed E-state index contributed by atoms with van der Waals surface area (Å²) in [5.74, 6) is -3.61. The molecule has 160 valence electrons. The average molecular weight is 407 g/mol. The van der Waals surface area contributed by atoms with Crippen molar-refractivity contribution in [2.24, 2.45) is 23.3 Å². The monoisotopic (exact) mass is 407 g/mol. The quantitative estimate of drug-likeness (QED) is 0.367. The number of amides is 1. The molecular weight excluding hydrogens is 379 g/mol. The number of hydrogen-bond donors (Lipinski definition) is 3. The van der Waals surface area contributed by atoms with Gasteiger partial charge in [0.1, 0.15) is 0 Å². The summed E-state index contributed by atoms with van der Waals surface area (Å²) < 4.78 is 38.0. The first-order chi connectivity index (χ1) is 13.1. The third-order valence-corrected chi connectivity index (χ3v) is 5.49. The van der Waals surface area contributed by atoms with E-state index >= 15 is 0 Å². The standard InChI is InChI=1S/C17H28F3N5O3/c18-17(19,20)15(27)28-25(10-11-6-8-24(9-7-11)16(22)23)14(26)13(21)12-4-2-1-3-5-12/h11-13H,1-10,21H2,(H3,22,23)/t13-/m0/s1. The molecule has 1 amide bonds. The van der Waals surface area contributed by atoms with Gasteiger partial charge in [-0.05, 0) is 37.5 Å². The zero-order chi connectivity index (χ0) is 20.9. The summed E-state index contributed by atoms with van der Waals surface area (Å²) in [4.78, 5) is 30.1. The minimum absolute atomic E-state index is 0.0748. The fraction of sp³-hybridized carbons (Fsp3) is 0.824. The molecule has 0 aromatic rings. The number of rotatable bonds is 4. The molecule has 0 spiro atoms. The van der Waals surface area contributed by atoms with E-state index in [0.717, 1.165) is 32.1 Å². The summed E-state index contributed by atoms with van der Waals surface area (Å²) >= 11 is 0. The van der Waals surface area contributed by atoms with Crippen molar-refractivity contribution < 1.29 is 27.6 Å². The maximum Gasteiger partial charge on any atom is 0.493 e. The Labute approximate surface area is 161 Å². The number of piperidine rings is 1. The van der Waals surface area contributed by atoms with Crippen LogP contribution in [-0.4, -0.2) is 59.7 Å². The summed E-state index contributed by atoms with van der Waals surface area (Å²) in [6.45, 7) is 0.737. The number of halogens is 3. The second-order valence-corrected chi connectivity index (χ2v) is 7.52. The summed E-state index contributed by atoms with van der Waals surface area (Å²) in [5, 5.41) is 7.93. The first kappa shape index (κ1) is 22.3. The third kappa shape index (κ3) is 5.98. The van der Waals surface area contributed by atoms with Crippen molar-refractivity contribution in [3.05, 3.63) is 0 Å². The second kappa shape index (κ2) is 9.44. The molecule has 1 saturated carbocycles. The number of nitrogens with two attached hydrogens (primary N) is 2. The Kier molecular flexibility index (Phi) is 7.50. The SMILES string of the molecule is N=C(N)N1CCC(CN(OC(=O)C(F)(F)F)C(=O)[C@@H](N)C2CCCCC2)CC1. The number of carbonyl (C=O) groups excluding carboxylic acids is 2. The number of guanidine groups is 1. The number of hydroxylamine groups is 2. The van der Waals surface area contributed by atoms with Crippen LogP contribution in [0.25, 0.3) is 0 Å². The van der Waals surface area contributed by atoms with Crippen LogP contribution in [0.4, 0.5) is 13.2 Å². The molecule has 1 saturated heterocycles. The molecule has 0 aromatic heterocycles. The van der Waals surface area contributed by atoms with E-state index in [9.17, 15) is 22.8 Å². The fourth-order valence-electron chi connectivity index (χ4n) is 3.78. The van der Waals surface area contributed by atoms with Gasteiger partial charge < -0.3 is 21.2 Å². The molecule has 1 atom stereocenters. The van der Waals surface area contributed by atoms with E-state index in [0.29, 0.717) is 31.0 Å². The van der Waals surface area contributed by atoms with Gasteiger partial charge in [0.05, 0.1) is 12.6 Å². The molecule has 1 aliphatic carbocycles. The van der Waals surface area contributed by atoms with E-state index < -0.39 is 24.1 Å². The van der Waals surface area contributed by atoms with Crippen LogP contribution in [-0.2, 0) is 14.4 Å². The normalized spacial score (nSPS) is 20.5. The highest BCUT2D eigenvalue weighted by Crippen LogP contribution is 2.28. The summed E-state index contributed by atoms with van der Waals surface area (Å²) in [5.41, 5.74) is 11.5. The van der Waals surface area contributed by atoms with Gasteiger partial charge in [0.15, 0.2) is 5.96 Å². The topological polar surface area (TPSA) is 126 Å². The molecule has 0 aromatic carbocycles. The Hall–Kier alpha value is -2.04.